The van der Waals surface area contributed by atoms with Crippen LogP contribution in [0.25, 0.3) is 0 Å². The van der Waals surface area contributed by atoms with Crippen molar-refractivity contribution in [2.45, 2.75) is 111 Å². The lowest BCUT2D eigenvalue weighted by atomic mass is 9.83. The van der Waals surface area contributed by atoms with E-state index in [-0.39, 0.29) is 27.9 Å². The molecule has 0 spiro atoms. The zero-order valence-electron chi connectivity index (χ0n) is 32.8. The van der Waals surface area contributed by atoms with Crippen LogP contribution in [0.3, 0.4) is 0 Å². The number of methoxy groups -OCH3 is 1. The van der Waals surface area contributed by atoms with Crippen LogP contribution in [0, 0.1) is 17.8 Å². The van der Waals surface area contributed by atoms with E-state index in [1.807, 2.05) is 57.2 Å². The first-order chi connectivity index (χ1) is 23.4. The molecule has 50 heavy (non-hydrogen) atoms. The highest BCUT2D eigenvalue weighted by molar-refractivity contribution is 6.99. The maximum atomic E-state index is 14.2. The number of carbonyl (C=O) groups excluding carboxylic acids is 1. The highest BCUT2D eigenvalue weighted by Gasteiger charge is 2.50. The van der Waals surface area contributed by atoms with Gasteiger partial charge in [0, 0.05) is 31.0 Å². The molecule has 5 atom stereocenters. The average molecular weight is 721 g/mol. The Bertz CT molecular complexity index is 1410. The minimum Gasteiger partial charge on any atom is -0.497 e. The normalized spacial score (nSPS) is 15.9. The molecule has 3 aromatic carbocycles. The molecular formula is C42H64O6Si2. The first-order valence-corrected chi connectivity index (χ1v) is 23.0. The number of hydrogen-bond donors (Lipinski definition) is 1. The number of ether oxygens (including phenoxy) is 2. The number of aliphatic hydroxyl groups is 1. The highest BCUT2D eigenvalue weighted by atomic mass is 28.4. The zero-order chi connectivity index (χ0) is 37.3. The van der Waals surface area contributed by atoms with Gasteiger partial charge in [-0.2, -0.15) is 0 Å². The number of benzene rings is 3. The highest BCUT2D eigenvalue weighted by Crippen LogP contribution is 2.40. The van der Waals surface area contributed by atoms with E-state index in [0.717, 1.165) is 11.3 Å². The van der Waals surface area contributed by atoms with Crippen molar-refractivity contribution in [2.75, 3.05) is 20.3 Å². The van der Waals surface area contributed by atoms with E-state index >= 15 is 0 Å². The van der Waals surface area contributed by atoms with E-state index in [9.17, 15) is 9.90 Å². The molecule has 0 amide bonds. The number of aliphatic hydroxyl groups excluding tert-OH is 1. The van der Waals surface area contributed by atoms with Crippen LogP contribution in [-0.4, -0.2) is 60.1 Å². The van der Waals surface area contributed by atoms with E-state index in [0.29, 0.717) is 26.2 Å². The minimum absolute atomic E-state index is 0.00802. The first-order valence-electron chi connectivity index (χ1n) is 18.2. The molecule has 8 heteroatoms. The molecule has 0 unspecified atom stereocenters. The SMILES string of the molecule is COc1ccc(COCC[C@@H](O[Si](C)(C)C(C)(C)C)[C@@H](C)C(=O)[C@@H](C)[C@@H](O)[C@@H](C)CO[Si](c2ccccc2)(c2ccccc2)C(C)(C)C)cc1. The van der Waals surface area contributed by atoms with Gasteiger partial charge in [-0.05, 0) is 57.7 Å². The van der Waals surface area contributed by atoms with Crippen LogP contribution in [-0.2, 0) is 25.0 Å². The summed E-state index contributed by atoms with van der Waals surface area (Å²) in [6.07, 6.45) is -0.606. The van der Waals surface area contributed by atoms with E-state index in [1.165, 1.54) is 10.4 Å². The number of carbonyl (C=O) groups is 1. The maximum Gasteiger partial charge on any atom is 0.261 e. The third-order valence-corrected chi connectivity index (χ3v) is 20.3. The van der Waals surface area contributed by atoms with Gasteiger partial charge in [-0.3, -0.25) is 4.79 Å². The predicted octanol–water partition coefficient (Wildman–Crippen LogP) is 8.41. The Kier molecular flexibility index (Phi) is 14.9. The number of hydrogen-bond acceptors (Lipinski definition) is 6. The summed E-state index contributed by atoms with van der Waals surface area (Å²) in [7, 11) is -3.34. The molecule has 0 heterocycles. The molecule has 0 saturated carbocycles. The van der Waals surface area contributed by atoms with Crippen molar-refractivity contribution in [3.8, 4) is 5.75 Å². The molecule has 0 saturated heterocycles. The summed E-state index contributed by atoms with van der Waals surface area (Å²) >= 11 is 0. The van der Waals surface area contributed by atoms with Crippen molar-refractivity contribution in [2.24, 2.45) is 17.8 Å². The molecule has 0 radical (unpaired) electrons. The second-order valence-corrected chi connectivity index (χ2v) is 25.6. The molecule has 0 bridgehead atoms. The Morgan fingerprint density at radius 1 is 0.760 bits per heavy atom. The van der Waals surface area contributed by atoms with Gasteiger partial charge in [0.15, 0.2) is 8.32 Å². The summed E-state index contributed by atoms with van der Waals surface area (Å²) in [6, 6.07) is 28.9. The van der Waals surface area contributed by atoms with Gasteiger partial charge >= 0.3 is 0 Å². The Morgan fingerprint density at radius 2 is 1.28 bits per heavy atom. The van der Waals surface area contributed by atoms with Crippen molar-refractivity contribution < 1.29 is 28.2 Å². The van der Waals surface area contributed by atoms with Gasteiger partial charge < -0.3 is 23.4 Å². The molecule has 0 aliphatic rings. The van der Waals surface area contributed by atoms with Gasteiger partial charge in [-0.1, -0.05) is 135 Å². The molecule has 0 fully saturated rings. The van der Waals surface area contributed by atoms with Gasteiger partial charge in [0.05, 0.1) is 25.9 Å². The monoisotopic (exact) mass is 720 g/mol. The second kappa shape index (κ2) is 17.8. The van der Waals surface area contributed by atoms with Crippen molar-refractivity contribution >= 4 is 32.8 Å². The Hall–Kier alpha value is -2.60. The lowest BCUT2D eigenvalue weighted by molar-refractivity contribution is -0.134. The quantitative estimate of drug-likeness (QED) is 0.105. The number of Topliss-reactive ketones (excluding diaryl/α,β-unsaturated/α-hetero) is 1. The summed E-state index contributed by atoms with van der Waals surface area (Å²) < 4.78 is 25.4. The second-order valence-electron chi connectivity index (χ2n) is 16.5. The summed E-state index contributed by atoms with van der Waals surface area (Å²) in [5.41, 5.74) is 1.06. The fourth-order valence-electron chi connectivity index (χ4n) is 6.45. The van der Waals surface area contributed by atoms with Crippen LogP contribution < -0.4 is 15.1 Å². The largest absolute Gasteiger partial charge is 0.497 e. The molecule has 1 N–H and O–H groups in total. The van der Waals surface area contributed by atoms with Crippen LogP contribution in [0.5, 0.6) is 5.75 Å². The molecule has 0 aliphatic heterocycles. The third-order valence-electron chi connectivity index (χ3n) is 10.8. The predicted molar refractivity (Wildman–Crippen MR) is 211 cm³/mol. The van der Waals surface area contributed by atoms with Gasteiger partial charge in [-0.25, -0.2) is 0 Å². The van der Waals surface area contributed by atoms with Crippen LogP contribution in [0.4, 0.5) is 0 Å². The minimum atomic E-state index is -2.78. The van der Waals surface area contributed by atoms with Crippen LogP contribution >= 0.6 is 0 Å². The van der Waals surface area contributed by atoms with Gasteiger partial charge in [0.25, 0.3) is 8.32 Å². The molecule has 276 valence electrons. The smallest absolute Gasteiger partial charge is 0.261 e. The topological polar surface area (TPSA) is 74.2 Å². The van der Waals surface area contributed by atoms with Crippen molar-refractivity contribution in [3.63, 3.8) is 0 Å². The van der Waals surface area contributed by atoms with Crippen LogP contribution in [0.2, 0.25) is 23.2 Å². The first kappa shape index (κ1) is 41.8. The molecule has 3 rings (SSSR count). The van der Waals surface area contributed by atoms with Crippen molar-refractivity contribution in [3.05, 3.63) is 90.5 Å². The standard InChI is InChI=1S/C42H64O6Si2/c1-31(29-47-50(42(7,8)9,36-19-15-13-16-20-36)37-21-17-14-18-22-37)39(43)33(3)40(44)32(2)38(48-49(11,12)41(4,5)6)27-28-46-30-34-23-25-35(45-10)26-24-34/h13-26,31-33,38-39,43H,27-30H2,1-12H3/t31-,32+,33-,38+,39-/m0/s1. The molecule has 3 aromatic rings. The molecule has 6 nitrogen and oxygen atoms in total. The van der Waals surface area contributed by atoms with E-state index in [1.54, 1.807) is 7.11 Å². The van der Waals surface area contributed by atoms with Crippen LogP contribution in [0.15, 0.2) is 84.9 Å². The Labute approximate surface area is 305 Å². The third kappa shape index (κ3) is 10.3. The molecule has 0 aliphatic carbocycles. The summed E-state index contributed by atoms with van der Waals surface area (Å²) in [5.74, 6) is -0.454. The zero-order valence-corrected chi connectivity index (χ0v) is 34.8. The fourth-order valence-corrected chi connectivity index (χ4v) is 12.6. The molecular weight excluding hydrogens is 657 g/mol. The fraction of sp³-hybridized carbons (Fsp3) is 0.548. The number of ketones is 1. The van der Waals surface area contributed by atoms with E-state index in [4.69, 9.17) is 18.3 Å². The number of rotatable bonds is 18. The lowest BCUT2D eigenvalue weighted by Crippen LogP contribution is -2.67. The van der Waals surface area contributed by atoms with E-state index in [2.05, 4.69) is 103 Å². The van der Waals surface area contributed by atoms with Gasteiger partial charge in [0.2, 0.25) is 0 Å². The van der Waals surface area contributed by atoms with Crippen molar-refractivity contribution in [1.82, 2.24) is 0 Å². The summed E-state index contributed by atoms with van der Waals surface area (Å²) in [6.45, 7) is 24.9. The maximum absolute atomic E-state index is 14.2. The average Bonchev–Trinajstić information content (AvgIpc) is 3.08. The van der Waals surface area contributed by atoms with Crippen LogP contribution in [0.1, 0.15) is 74.3 Å². The summed E-state index contributed by atoms with van der Waals surface area (Å²) in [4.78, 5) is 14.2. The lowest BCUT2D eigenvalue weighted by Gasteiger charge is -2.44. The van der Waals surface area contributed by atoms with Gasteiger partial charge in [-0.15, -0.1) is 0 Å². The Balaban J connectivity index is 1.77. The van der Waals surface area contributed by atoms with E-state index < -0.39 is 34.6 Å². The van der Waals surface area contributed by atoms with Gasteiger partial charge in [0.1, 0.15) is 11.5 Å². The van der Waals surface area contributed by atoms with Crippen molar-refractivity contribution in [1.29, 1.82) is 0 Å². The Morgan fingerprint density at radius 3 is 1.74 bits per heavy atom. The summed E-state index contributed by atoms with van der Waals surface area (Å²) in [5, 5.41) is 13.9. The molecule has 0 aromatic heterocycles.